The van der Waals surface area contributed by atoms with E-state index in [1.54, 1.807) is 11.1 Å². The maximum Gasteiger partial charge on any atom is 0.272 e. The molecule has 1 amide bonds. The van der Waals surface area contributed by atoms with E-state index in [1.807, 2.05) is 45.0 Å². The summed E-state index contributed by atoms with van der Waals surface area (Å²) in [6, 6.07) is 5.86. The summed E-state index contributed by atoms with van der Waals surface area (Å²) in [5.74, 6) is -2.83. The summed E-state index contributed by atoms with van der Waals surface area (Å²) < 4.78 is 27.1. The van der Waals surface area contributed by atoms with Gasteiger partial charge in [-0.3, -0.25) is 19.8 Å². The van der Waals surface area contributed by atoms with Gasteiger partial charge in [-0.15, -0.1) is 0 Å². The van der Waals surface area contributed by atoms with E-state index in [9.17, 15) is 13.6 Å². The number of nitrogens with one attached hydrogen (secondary N) is 2. The zero-order valence-electron chi connectivity index (χ0n) is 18.9. The molecule has 0 aliphatic carbocycles. The Labute approximate surface area is 187 Å². The fourth-order valence-electron chi connectivity index (χ4n) is 3.98. The molecule has 0 spiro atoms. The molecule has 1 fully saturated rings. The molecule has 0 saturated carbocycles. The summed E-state index contributed by atoms with van der Waals surface area (Å²) in [5.41, 5.74) is 3.79. The number of fused-ring (bicyclic) bond motifs is 1. The number of benzene rings is 1. The van der Waals surface area contributed by atoms with Crippen molar-refractivity contribution in [2.45, 2.75) is 52.0 Å². The zero-order chi connectivity index (χ0) is 23.3. The van der Waals surface area contributed by atoms with Crippen molar-refractivity contribution in [2.75, 3.05) is 19.6 Å². The Morgan fingerprint density at radius 3 is 2.78 bits per heavy atom. The fourth-order valence-corrected chi connectivity index (χ4v) is 3.98. The fraction of sp³-hybridized carbons (Fsp3) is 0.458. The molecule has 1 aliphatic heterocycles. The van der Waals surface area contributed by atoms with Crippen molar-refractivity contribution >= 4 is 29.1 Å². The quantitative estimate of drug-likeness (QED) is 0.431. The van der Waals surface area contributed by atoms with Gasteiger partial charge in [0.05, 0.1) is 12.1 Å². The third-order valence-corrected chi connectivity index (χ3v) is 5.87. The van der Waals surface area contributed by atoms with Crippen LogP contribution in [0.3, 0.4) is 0 Å². The Hall–Kier alpha value is -2.87. The Morgan fingerprint density at radius 1 is 1.41 bits per heavy atom. The number of allylic oxidation sites excluding steroid dienone is 1. The molecule has 0 atom stereocenters. The molecular weight excluding hydrogens is 412 g/mol. The molecule has 2 heterocycles. The number of hydrogen-bond donors (Lipinski definition) is 2. The highest BCUT2D eigenvalue weighted by atomic mass is 19.3. The molecule has 32 heavy (non-hydrogen) atoms. The maximum atomic E-state index is 13.5. The number of aromatic amines is 1. The lowest BCUT2D eigenvalue weighted by Gasteiger charge is -2.16. The first-order valence-electron chi connectivity index (χ1n) is 11.0. The number of alkyl halides is 2. The molecule has 0 radical (unpaired) electrons. The van der Waals surface area contributed by atoms with Gasteiger partial charge in [0.1, 0.15) is 0 Å². The zero-order valence-corrected chi connectivity index (χ0v) is 18.9. The molecule has 2 aromatic rings. The van der Waals surface area contributed by atoms with Gasteiger partial charge in [0.25, 0.3) is 11.8 Å². The number of aromatic nitrogens is 2. The number of amides is 1. The second-order valence-electron chi connectivity index (χ2n) is 8.35. The van der Waals surface area contributed by atoms with E-state index in [0.29, 0.717) is 18.8 Å². The summed E-state index contributed by atoms with van der Waals surface area (Å²) in [6.45, 7) is 10.0. The average molecular weight is 444 g/mol. The first kappa shape index (κ1) is 23.8. The van der Waals surface area contributed by atoms with Gasteiger partial charge in [0, 0.05) is 37.1 Å². The van der Waals surface area contributed by atoms with E-state index < -0.39 is 5.92 Å². The monoisotopic (exact) mass is 443 g/mol. The molecule has 6 nitrogen and oxygen atoms in total. The lowest BCUT2D eigenvalue weighted by atomic mass is 10.0. The summed E-state index contributed by atoms with van der Waals surface area (Å²) in [5, 5.41) is 10.9. The normalized spacial score (nSPS) is 17.3. The first-order valence-corrected chi connectivity index (χ1v) is 11.0. The third-order valence-electron chi connectivity index (χ3n) is 5.87. The third kappa shape index (κ3) is 5.68. The maximum absolute atomic E-state index is 13.5. The van der Waals surface area contributed by atoms with Gasteiger partial charge in [0.15, 0.2) is 5.69 Å². The second-order valence-corrected chi connectivity index (χ2v) is 8.35. The lowest BCUT2D eigenvalue weighted by Crippen LogP contribution is -2.34. The second kappa shape index (κ2) is 10.2. The Morgan fingerprint density at radius 2 is 2.16 bits per heavy atom. The van der Waals surface area contributed by atoms with Crippen LogP contribution in [0.5, 0.6) is 0 Å². The van der Waals surface area contributed by atoms with E-state index >= 15 is 0 Å². The van der Waals surface area contributed by atoms with Crippen LogP contribution in [-0.2, 0) is 0 Å². The minimum atomic E-state index is -2.64. The van der Waals surface area contributed by atoms with Crippen molar-refractivity contribution in [2.24, 2.45) is 4.99 Å². The topological polar surface area (TPSA) is 73.4 Å². The van der Waals surface area contributed by atoms with E-state index in [1.165, 1.54) is 0 Å². The molecule has 1 aromatic heterocycles. The van der Waals surface area contributed by atoms with E-state index in [2.05, 4.69) is 27.2 Å². The molecule has 1 saturated heterocycles. The number of H-pyrrole nitrogens is 1. The lowest BCUT2D eigenvalue weighted by molar-refractivity contribution is 0.0131. The molecule has 8 heteroatoms. The van der Waals surface area contributed by atoms with Crippen LogP contribution < -0.4 is 5.32 Å². The molecule has 0 unspecified atom stereocenters. The molecule has 2 N–H and O–H groups in total. The number of rotatable bonds is 9. The summed E-state index contributed by atoms with van der Waals surface area (Å²) in [4.78, 5) is 18.3. The molecule has 3 rings (SSSR count). The van der Waals surface area contributed by atoms with E-state index in [0.717, 1.165) is 40.5 Å². The largest absolute Gasteiger partial charge is 0.348 e. The van der Waals surface area contributed by atoms with Gasteiger partial charge in [-0.1, -0.05) is 26.0 Å². The van der Waals surface area contributed by atoms with Crippen LogP contribution in [0.2, 0.25) is 0 Å². The predicted molar refractivity (Wildman–Crippen MR) is 125 cm³/mol. The Kier molecular flexibility index (Phi) is 7.56. The van der Waals surface area contributed by atoms with Crippen molar-refractivity contribution in [1.29, 1.82) is 0 Å². The molecule has 0 bridgehead atoms. The minimum absolute atomic E-state index is 0.108. The molecule has 1 aliphatic rings. The van der Waals surface area contributed by atoms with Crippen molar-refractivity contribution in [3.05, 3.63) is 47.3 Å². The molecule has 1 aromatic carbocycles. The number of likely N-dealkylation sites (tertiary alicyclic amines) is 1. The van der Waals surface area contributed by atoms with Gasteiger partial charge < -0.3 is 5.32 Å². The van der Waals surface area contributed by atoms with Gasteiger partial charge in [-0.05, 0) is 55.3 Å². The number of aliphatic imine (C=N–C) groups is 1. The number of carbonyl (C=O) groups is 1. The smallest absolute Gasteiger partial charge is 0.272 e. The van der Waals surface area contributed by atoms with Crippen molar-refractivity contribution in [3.8, 4) is 0 Å². The molecular formula is C24H31F2N5O. The minimum Gasteiger partial charge on any atom is -0.348 e. The highest BCUT2D eigenvalue weighted by molar-refractivity contribution is 6.05. The molecule has 172 valence electrons. The summed E-state index contributed by atoms with van der Waals surface area (Å²) in [7, 11) is 0. The highest BCUT2D eigenvalue weighted by Crippen LogP contribution is 2.28. The van der Waals surface area contributed by atoms with Gasteiger partial charge >= 0.3 is 0 Å². The van der Waals surface area contributed by atoms with Crippen LogP contribution >= 0.6 is 0 Å². The van der Waals surface area contributed by atoms with Crippen molar-refractivity contribution in [1.82, 2.24) is 20.4 Å². The summed E-state index contributed by atoms with van der Waals surface area (Å²) >= 11 is 0. The van der Waals surface area contributed by atoms with Gasteiger partial charge in [-0.2, -0.15) is 5.10 Å². The van der Waals surface area contributed by atoms with Crippen LogP contribution in [0.1, 0.15) is 56.1 Å². The summed E-state index contributed by atoms with van der Waals surface area (Å²) in [6.07, 6.45) is 5.12. The number of hydrogen-bond acceptors (Lipinski definition) is 4. The number of carbonyl (C=O) groups excluding carboxylic acids is 1. The Balaban J connectivity index is 1.84. The van der Waals surface area contributed by atoms with Gasteiger partial charge in [-0.25, -0.2) is 8.78 Å². The van der Waals surface area contributed by atoms with E-state index in [4.69, 9.17) is 0 Å². The first-order chi connectivity index (χ1) is 15.3. The van der Waals surface area contributed by atoms with Crippen LogP contribution in [0.25, 0.3) is 16.5 Å². The number of halogens is 2. The van der Waals surface area contributed by atoms with Crippen molar-refractivity contribution in [3.63, 3.8) is 0 Å². The Bertz CT molecular complexity index is 1040. The standard InChI is InChI=1S/C24H31F2N5O/c1-5-19(6-2)28-23(32)22-20-12-18(7-8-21(20)29-30-22)16(3)11-17(13-27-4)14-31-10-9-24(25,26)15-31/h7-8,11-13,19H,4-6,9-10,14-15H2,1-3H3,(H,28,32)(H,29,30)/b16-11+,17-13+. The van der Waals surface area contributed by atoms with Crippen LogP contribution in [0, 0.1) is 0 Å². The highest BCUT2D eigenvalue weighted by Gasteiger charge is 2.38. The van der Waals surface area contributed by atoms with Crippen molar-refractivity contribution < 1.29 is 13.6 Å². The average Bonchev–Trinajstić information content (AvgIpc) is 3.33. The SMILES string of the molecule is C=N/C=C(\C=C(/C)c1ccc2[nH]nc(C(=O)NC(CC)CC)c2c1)CN1CCC(F)(F)C1. The van der Waals surface area contributed by atoms with E-state index in [-0.39, 0.29) is 24.9 Å². The van der Waals surface area contributed by atoms with Crippen LogP contribution in [0.15, 0.2) is 41.0 Å². The van der Waals surface area contributed by atoms with Gasteiger partial charge in [0.2, 0.25) is 0 Å². The number of nitrogens with zero attached hydrogens (tertiary/aromatic N) is 3. The predicted octanol–water partition coefficient (Wildman–Crippen LogP) is 4.81. The van der Waals surface area contributed by atoms with Crippen LogP contribution in [-0.4, -0.2) is 59.3 Å². The van der Waals surface area contributed by atoms with Crippen LogP contribution in [0.4, 0.5) is 8.78 Å².